The number of amides is 1. The number of hydrogen-bond acceptors (Lipinski definition) is 2. The Bertz CT molecular complexity index is 779. The number of fused-ring (bicyclic) bond motifs is 1. The van der Waals surface area contributed by atoms with Crippen LogP contribution in [0, 0.1) is 0 Å². The van der Waals surface area contributed by atoms with Crippen LogP contribution in [0.25, 0.3) is 10.9 Å². The fourth-order valence-corrected chi connectivity index (χ4v) is 2.45. The summed E-state index contributed by atoms with van der Waals surface area (Å²) in [6.07, 6.45) is 1.77. The van der Waals surface area contributed by atoms with E-state index in [9.17, 15) is 4.79 Å². The van der Waals surface area contributed by atoms with Gasteiger partial charge in [0.05, 0.1) is 5.52 Å². The first-order chi connectivity index (χ1) is 10.2. The molecule has 0 unspecified atom stereocenters. The maximum Gasteiger partial charge on any atom is 0.251 e. The number of carbonyl (C=O) groups excluding carboxylic acids is 1. The SMILES string of the molecule is O=C(NCc1cccc2cccnc12)c1ccc(Br)cc1. The largest absolute Gasteiger partial charge is 0.348 e. The van der Waals surface area contributed by atoms with Gasteiger partial charge < -0.3 is 5.32 Å². The third-order valence-corrected chi connectivity index (χ3v) is 3.79. The summed E-state index contributed by atoms with van der Waals surface area (Å²) in [4.78, 5) is 16.5. The molecule has 0 fully saturated rings. The van der Waals surface area contributed by atoms with Crippen LogP contribution in [0.4, 0.5) is 0 Å². The van der Waals surface area contributed by atoms with E-state index < -0.39 is 0 Å². The molecule has 1 heterocycles. The quantitative estimate of drug-likeness (QED) is 0.784. The van der Waals surface area contributed by atoms with Crippen molar-refractivity contribution in [1.29, 1.82) is 0 Å². The third kappa shape index (κ3) is 3.11. The summed E-state index contributed by atoms with van der Waals surface area (Å²) in [6.45, 7) is 0.462. The lowest BCUT2D eigenvalue weighted by Gasteiger charge is -2.08. The molecule has 3 nitrogen and oxygen atoms in total. The van der Waals surface area contributed by atoms with Crippen molar-refractivity contribution in [3.8, 4) is 0 Å². The van der Waals surface area contributed by atoms with Crippen LogP contribution in [0.5, 0.6) is 0 Å². The summed E-state index contributed by atoms with van der Waals surface area (Å²) < 4.78 is 0.956. The van der Waals surface area contributed by atoms with Gasteiger partial charge in [-0.25, -0.2) is 0 Å². The number of aromatic nitrogens is 1. The van der Waals surface area contributed by atoms with Crippen LogP contribution in [0.2, 0.25) is 0 Å². The molecule has 0 bridgehead atoms. The Hall–Kier alpha value is -2.20. The first kappa shape index (κ1) is 13.8. The van der Waals surface area contributed by atoms with Gasteiger partial charge in [-0.2, -0.15) is 0 Å². The predicted octanol–water partition coefficient (Wildman–Crippen LogP) is 3.93. The van der Waals surface area contributed by atoms with Crippen molar-refractivity contribution in [1.82, 2.24) is 10.3 Å². The van der Waals surface area contributed by atoms with Gasteiger partial charge >= 0.3 is 0 Å². The van der Waals surface area contributed by atoms with Crippen molar-refractivity contribution in [2.75, 3.05) is 0 Å². The Morgan fingerprint density at radius 2 is 1.81 bits per heavy atom. The molecule has 0 aliphatic rings. The monoisotopic (exact) mass is 340 g/mol. The van der Waals surface area contributed by atoms with Gasteiger partial charge in [-0.05, 0) is 35.9 Å². The molecule has 2 aromatic carbocycles. The molecule has 3 aromatic rings. The average Bonchev–Trinajstić information content (AvgIpc) is 2.53. The molecule has 0 spiro atoms. The van der Waals surface area contributed by atoms with Gasteiger partial charge in [-0.3, -0.25) is 9.78 Å². The van der Waals surface area contributed by atoms with Crippen LogP contribution >= 0.6 is 15.9 Å². The summed E-state index contributed by atoms with van der Waals surface area (Å²) in [7, 11) is 0. The Morgan fingerprint density at radius 3 is 2.62 bits per heavy atom. The fraction of sp³-hybridized carbons (Fsp3) is 0.0588. The van der Waals surface area contributed by atoms with E-state index in [1.165, 1.54) is 0 Å². The van der Waals surface area contributed by atoms with Gasteiger partial charge in [0.1, 0.15) is 0 Å². The van der Waals surface area contributed by atoms with E-state index in [4.69, 9.17) is 0 Å². The maximum absolute atomic E-state index is 12.1. The Balaban J connectivity index is 1.77. The summed E-state index contributed by atoms with van der Waals surface area (Å²) in [6, 6.07) is 17.2. The fourth-order valence-electron chi connectivity index (χ4n) is 2.19. The highest BCUT2D eigenvalue weighted by Gasteiger charge is 2.07. The minimum absolute atomic E-state index is 0.0876. The molecule has 1 N–H and O–H groups in total. The lowest BCUT2D eigenvalue weighted by molar-refractivity contribution is 0.0951. The number of nitrogens with zero attached hydrogens (tertiary/aromatic N) is 1. The number of nitrogens with one attached hydrogen (secondary N) is 1. The Labute approximate surface area is 131 Å². The highest BCUT2D eigenvalue weighted by atomic mass is 79.9. The van der Waals surface area contributed by atoms with Crippen LogP contribution in [0.15, 0.2) is 65.3 Å². The summed E-state index contributed by atoms with van der Waals surface area (Å²) >= 11 is 3.36. The topological polar surface area (TPSA) is 42.0 Å². The van der Waals surface area contributed by atoms with Gasteiger partial charge in [-0.15, -0.1) is 0 Å². The zero-order valence-electron chi connectivity index (χ0n) is 11.2. The third-order valence-electron chi connectivity index (χ3n) is 3.26. The molecule has 4 heteroatoms. The number of carbonyl (C=O) groups is 1. The average molecular weight is 341 g/mol. The van der Waals surface area contributed by atoms with Crippen LogP contribution in [0.1, 0.15) is 15.9 Å². The Kier molecular flexibility index (Phi) is 3.97. The standard InChI is InChI=1S/C17H13BrN2O/c18-15-8-6-13(7-9-15)17(21)20-11-14-4-1-3-12-5-2-10-19-16(12)14/h1-10H,11H2,(H,20,21). The van der Waals surface area contributed by atoms with Crippen LogP contribution in [0.3, 0.4) is 0 Å². The number of benzene rings is 2. The van der Waals surface area contributed by atoms with Gasteiger partial charge in [0.15, 0.2) is 0 Å². The molecule has 0 radical (unpaired) electrons. The molecule has 21 heavy (non-hydrogen) atoms. The van der Waals surface area contributed by atoms with Crippen LogP contribution < -0.4 is 5.32 Å². The van der Waals surface area contributed by atoms with E-state index >= 15 is 0 Å². The highest BCUT2D eigenvalue weighted by molar-refractivity contribution is 9.10. The van der Waals surface area contributed by atoms with E-state index in [0.717, 1.165) is 20.9 Å². The van der Waals surface area contributed by atoms with Crippen molar-refractivity contribution >= 4 is 32.7 Å². The van der Waals surface area contributed by atoms with Gasteiger partial charge in [0, 0.05) is 28.2 Å². The van der Waals surface area contributed by atoms with E-state index in [0.29, 0.717) is 12.1 Å². The smallest absolute Gasteiger partial charge is 0.251 e. The highest BCUT2D eigenvalue weighted by Crippen LogP contribution is 2.16. The molecule has 0 aliphatic heterocycles. The number of hydrogen-bond donors (Lipinski definition) is 1. The first-order valence-corrected chi connectivity index (χ1v) is 7.40. The molecule has 0 atom stereocenters. The molecule has 3 rings (SSSR count). The zero-order valence-corrected chi connectivity index (χ0v) is 12.8. The first-order valence-electron chi connectivity index (χ1n) is 6.60. The number of pyridine rings is 1. The molecule has 1 amide bonds. The van der Waals surface area contributed by atoms with Crippen molar-refractivity contribution in [2.45, 2.75) is 6.54 Å². The summed E-state index contributed by atoms with van der Waals surface area (Å²) in [5.41, 5.74) is 2.58. The second-order valence-electron chi connectivity index (χ2n) is 4.68. The minimum Gasteiger partial charge on any atom is -0.348 e. The van der Waals surface area contributed by atoms with Gasteiger partial charge in [0.25, 0.3) is 5.91 Å². The molecule has 1 aromatic heterocycles. The van der Waals surface area contributed by atoms with Crippen LogP contribution in [-0.4, -0.2) is 10.9 Å². The van der Waals surface area contributed by atoms with Crippen LogP contribution in [-0.2, 0) is 6.54 Å². The second-order valence-corrected chi connectivity index (χ2v) is 5.60. The van der Waals surface area contributed by atoms with Crippen molar-refractivity contribution in [2.24, 2.45) is 0 Å². The molecule has 104 valence electrons. The van der Waals surface area contributed by atoms with Gasteiger partial charge in [-0.1, -0.05) is 40.2 Å². The number of halogens is 1. The second kappa shape index (κ2) is 6.06. The predicted molar refractivity (Wildman–Crippen MR) is 87.1 cm³/mol. The minimum atomic E-state index is -0.0876. The van der Waals surface area contributed by atoms with Crippen molar-refractivity contribution in [3.63, 3.8) is 0 Å². The maximum atomic E-state index is 12.1. The summed E-state index contributed by atoms with van der Waals surface area (Å²) in [5, 5.41) is 4.01. The number of rotatable bonds is 3. The molecular formula is C17H13BrN2O. The molecular weight excluding hydrogens is 328 g/mol. The molecule has 0 saturated carbocycles. The van der Waals surface area contributed by atoms with Gasteiger partial charge in [0.2, 0.25) is 0 Å². The van der Waals surface area contributed by atoms with E-state index in [2.05, 4.69) is 26.2 Å². The molecule has 0 saturated heterocycles. The van der Waals surface area contributed by atoms with E-state index in [-0.39, 0.29) is 5.91 Å². The summed E-state index contributed by atoms with van der Waals surface area (Å²) in [5.74, 6) is -0.0876. The van der Waals surface area contributed by atoms with Crippen molar-refractivity contribution < 1.29 is 4.79 Å². The van der Waals surface area contributed by atoms with Crippen molar-refractivity contribution in [3.05, 3.63) is 76.4 Å². The normalized spacial score (nSPS) is 10.5. The number of para-hydroxylation sites is 1. The van der Waals surface area contributed by atoms with E-state index in [1.807, 2.05) is 42.5 Å². The zero-order chi connectivity index (χ0) is 14.7. The van der Waals surface area contributed by atoms with E-state index in [1.54, 1.807) is 18.3 Å². The lowest BCUT2D eigenvalue weighted by atomic mass is 10.1. The molecule has 0 aliphatic carbocycles. The lowest BCUT2D eigenvalue weighted by Crippen LogP contribution is -2.22. The Morgan fingerprint density at radius 1 is 1.05 bits per heavy atom.